The number of rotatable bonds is 2. The van der Waals surface area contributed by atoms with E-state index in [4.69, 9.17) is 18.9 Å². The molecule has 4 heterocycles. The summed E-state index contributed by atoms with van der Waals surface area (Å²) in [4.78, 5) is 13.9. The van der Waals surface area contributed by atoms with Crippen LogP contribution in [-0.4, -0.2) is 71.4 Å². The maximum Gasteiger partial charge on any atom is 0.316 e. The Morgan fingerprint density at radius 3 is 2.68 bits per heavy atom. The Kier molecular flexibility index (Phi) is 8.72. The van der Waals surface area contributed by atoms with Crippen molar-refractivity contribution in [2.45, 2.75) is 121 Å². The van der Waals surface area contributed by atoms with Crippen LogP contribution < -0.4 is 0 Å². The molecule has 0 aromatic heterocycles. The summed E-state index contributed by atoms with van der Waals surface area (Å²) >= 11 is 0. The number of halogens is 1. The molecule has 1 spiro atoms. The Bertz CT molecular complexity index is 1130. The highest BCUT2D eigenvalue weighted by molar-refractivity contribution is 5.78. The fourth-order valence-corrected chi connectivity index (χ4v) is 7.48. The number of ether oxygens (including phenoxy) is 4. The zero-order valence-electron chi connectivity index (χ0n) is 25.1. The standard InChI is InChI=1S/C33H47FO7/c1-6-27-31(5,19-34)12-13-32(41-27)17-25-16-24(40-32)11-10-21(3)14-20(2)8-7-9-23-18-38-29-28(35)22(4)15-26(30(36)39-25)33(23,29)37/h7-10,15,20,24-29,35,37H,6,11-14,16-19H2,1-5H3/b8-7+,21-10+,23-9+/t20-,24+,25-,26-,27+,28+,29+,31-,32+,33+/m0/s1. The Labute approximate surface area is 243 Å². The molecule has 3 fully saturated rings. The zero-order chi connectivity index (χ0) is 29.6. The van der Waals surface area contributed by atoms with Gasteiger partial charge in [-0.05, 0) is 56.6 Å². The van der Waals surface area contributed by atoms with Crippen molar-refractivity contribution in [2.24, 2.45) is 17.3 Å². The van der Waals surface area contributed by atoms with Crippen LogP contribution in [0, 0.1) is 17.3 Å². The van der Waals surface area contributed by atoms with Crippen LogP contribution in [-0.2, 0) is 23.7 Å². The molecule has 0 unspecified atom stereocenters. The molecule has 2 bridgehead atoms. The number of alkyl halides is 1. The molecule has 8 heteroatoms. The van der Waals surface area contributed by atoms with Gasteiger partial charge in [0.15, 0.2) is 5.79 Å². The molecule has 5 aliphatic rings. The first kappa shape index (κ1) is 30.6. The Hall–Kier alpha value is -1.84. The lowest BCUT2D eigenvalue weighted by molar-refractivity contribution is -0.347. The minimum Gasteiger partial charge on any atom is -0.462 e. The van der Waals surface area contributed by atoms with Crippen molar-refractivity contribution in [1.82, 2.24) is 0 Å². The van der Waals surface area contributed by atoms with E-state index in [-0.39, 0.29) is 24.7 Å². The molecular weight excluding hydrogens is 527 g/mol. The minimum atomic E-state index is -1.73. The number of carbonyl (C=O) groups excluding carboxylic acids is 1. The summed E-state index contributed by atoms with van der Waals surface area (Å²) in [6.45, 7) is 9.56. The van der Waals surface area contributed by atoms with Crippen molar-refractivity contribution in [2.75, 3.05) is 13.3 Å². The molecule has 0 amide bonds. The second kappa shape index (κ2) is 11.7. The molecule has 3 saturated heterocycles. The van der Waals surface area contributed by atoms with E-state index in [1.54, 1.807) is 13.0 Å². The SMILES string of the molecule is CC[C@H]1O[C@]2(CC[C@@]1(C)CF)C[C@@H]1C[C@@H](C/C=C(\C)C[C@@H](C)/C=C/C=C3\CO[C@@H]4[C@H](O)C(C)=C[C@@H](C(=O)O1)[C@]34O)O2. The highest BCUT2D eigenvalue weighted by atomic mass is 19.1. The Balaban J connectivity index is 1.51. The molecule has 0 aromatic carbocycles. The number of fused-ring (bicyclic) bond motifs is 2. The van der Waals surface area contributed by atoms with E-state index in [9.17, 15) is 19.4 Å². The molecule has 5 rings (SSSR count). The number of carbonyl (C=O) groups is 1. The minimum absolute atomic E-state index is 0.114. The van der Waals surface area contributed by atoms with E-state index in [2.05, 4.69) is 26.0 Å². The molecule has 228 valence electrons. The van der Waals surface area contributed by atoms with Gasteiger partial charge in [0.2, 0.25) is 0 Å². The van der Waals surface area contributed by atoms with Gasteiger partial charge in [-0.25, -0.2) is 0 Å². The topological polar surface area (TPSA) is 94.5 Å². The van der Waals surface area contributed by atoms with Crippen molar-refractivity contribution >= 4 is 5.97 Å². The maximum atomic E-state index is 14.1. The van der Waals surface area contributed by atoms with Gasteiger partial charge < -0.3 is 29.2 Å². The van der Waals surface area contributed by atoms with Crippen molar-refractivity contribution in [3.05, 3.63) is 47.1 Å². The summed E-state index contributed by atoms with van der Waals surface area (Å²) in [6.07, 6.45) is 10.7. The van der Waals surface area contributed by atoms with Gasteiger partial charge in [-0.1, -0.05) is 56.7 Å². The van der Waals surface area contributed by atoms with Gasteiger partial charge in [0.25, 0.3) is 0 Å². The van der Waals surface area contributed by atoms with Crippen LogP contribution in [0.25, 0.3) is 0 Å². The van der Waals surface area contributed by atoms with E-state index in [0.717, 1.165) is 6.42 Å². The molecule has 4 aliphatic heterocycles. The molecule has 10 atom stereocenters. The molecule has 41 heavy (non-hydrogen) atoms. The quantitative estimate of drug-likeness (QED) is 0.343. The first-order valence-corrected chi connectivity index (χ1v) is 15.3. The van der Waals surface area contributed by atoms with Gasteiger partial charge in [-0.2, -0.15) is 0 Å². The van der Waals surface area contributed by atoms with Gasteiger partial charge in [0.1, 0.15) is 29.8 Å². The van der Waals surface area contributed by atoms with Crippen molar-refractivity contribution < 1.29 is 38.3 Å². The van der Waals surface area contributed by atoms with Crippen LogP contribution in [0.2, 0.25) is 0 Å². The molecule has 0 saturated carbocycles. The first-order valence-electron chi connectivity index (χ1n) is 15.3. The van der Waals surface area contributed by atoms with Gasteiger partial charge in [0, 0.05) is 24.7 Å². The number of hydrogen-bond donors (Lipinski definition) is 2. The molecule has 0 radical (unpaired) electrons. The zero-order valence-corrected chi connectivity index (χ0v) is 25.1. The van der Waals surface area contributed by atoms with Crippen LogP contribution in [0.5, 0.6) is 0 Å². The maximum absolute atomic E-state index is 14.1. The predicted octanol–water partition coefficient (Wildman–Crippen LogP) is 5.26. The Morgan fingerprint density at radius 1 is 1.17 bits per heavy atom. The normalized spacial score (nSPS) is 48.7. The monoisotopic (exact) mass is 574 g/mol. The van der Waals surface area contributed by atoms with E-state index in [1.807, 2.05) is 26.0 Å². The van der Waals surface area contributed by atoms with Crippen molar-refractivity contribution in [1.29, 1.82) is 0 Å². The van der Waals surface area contributed by atoms with E-state index in [1.165, 1.54) is 5.57 Å². The summed E-state index contributed by atoms with van der Waals surface area (Å²) in [6, 6.07) is 0. The average Bonchev–Trinajstić information content (AvgIpc) is 3.27. The lowest BCUT2D eigenvalue weighted by atomic mass is 9.71. The number of allylic oxidation sites excluding steroid dienone is 4. The van der Waals surface area contributed by atoms with Crippen molar-refractivity contribution in [3.8, 4) is 0 Å². The predicted molar refractivity (Wildman–Crippen MR) is 153 cm³/mol. The van der Waals surface area contributed by atoms with Crippen LogP contribution in [0.15, 0.2) is 47.1 Å². The number of aliphatic hydroxyl groups is 2. The fraction of sp³-hybridized carbons (Fsp3) is 0.727. The van der Waals surface area contributed by atoms with Gasteiger partial charge in [-0.3, -0.25) is 9.18 Å². The smallest absolute Gasteiger partial charge is 0.316 e. The lowest BCUT2D eigenvalue weighted by Gasteiger charge is -2.52. The Morgan fingerprint density at radius 2 is 1.95 bits per heavy atom. The summed E-state index contributed by atoms with van der Waals surface area (Å²) in [5, 5.41) is 22.9. The highest BCUT2D eigenvalue weighted by Crippen LogP contribution is 2.49. The highest BCUT2D eigenvalue weighted by Gasteiger charge is 2.60. The van der Waals surface area contributed by atoms with Gasteiger partial charge >= 0.3 is 5.97 Å². The summed E-state index contributed by atoms with van der Waals surface area (Å²) < 4.78 is 39.4. The van der Waals surface area contributed by atoms with Crippen molar-refractivity contribution in [3.63, 3.8) is 0 Å². The largest absolute Gasteiger partial charge is 0.462 e. The second-order valence-electron chi connectivity index (χ2n) is 13.4. The third kappa shape index (κ3) is 5.75. The number of aliphatic hydroxyl groups excluding tert-OH is 1. The average molecular weight is 575 g/mol. The van der Waals surface area contributed by atoms with E-state index < -0.39 is 53.7 Å². The number of hydrogen-bond acceptors (Lipinski definition) is 7. The summed E-state index contributed by atoms with van der Waals surface area (Å²) in [5.41, 5.74) is 0.0405. The third-order valence-electron chi connectivity index (χ3n) is 10.0. The summed E-state index contributed by atoms with van der Waals surface area (Å²) in [7, 11) is 0. The molecule has 2 N–H and O–H groups in total. The van der Waals surface area contributed by atoms with E-state index >= 15 is 0 Å². The van der Waals surface area contributed by atoms with Crippen LogP contribution in [0.4, 0.5) is 4.39 Å². The number of esters is 1. The van der Waals surface area contributed by atoms with Crippen LogP contribution in [0.3, 0.4) is 0 Å². The summed E-state index contributed by atoms with van der Waals surface area (Å²) in [5.74, 6) is -2.32. The second-order valence-corrected chi connectivity index (χ2v) is 13.4. The molecular formula is C33H47FO7. The van der Waals surface area contributed by atoms with E-state index in [0.29, 0.717) is 49.7 Å². The third-order valence-corrected chi connectivity index (χ3v) is 10.0. The first-order chi connectivity index (χ1) is 19.4. The van der Waals surface area contributed by atoms with Gasteiger partial charge in [-0.15, -0.1) is 0 Å². The molecule has 0 aromatic rings. The molecule has 1 aliphatic carbocycles. The van der Waals surface area contributed by atoms with Crippen LogP contribution >= 0.6 is 0 Å². The van der Waals surface area contributed by atoms with Crippen LogP contribution in [0.1, 0.15) is 79.6 Å². The molecule has 7 nitrogen and oxygen atoms in total. The fourth-order valence-electron chi connectivity index (χ4n) is 7.48. The lowest BCUT2D eigenvalue weighted by Crippen LogP contribution is -2.59. The van der Waals surface area contributed by atoms with Gasteiger partial charge in [0.05, 0.1) is 25.5 Å².